The molecule has 1 aromatic heterocycles. The van der Waals surface area contributed by atoms with Gasteiger partial charge in [-0.3, -0.25) is 9.59 Å². The standard InChI is InChI=1S/C18H21N3O3/c1-12(20-17(22)14-6-7-15(10-14)18(23)24)13-4-2-5-16(11-13)21-9-3-8-19-21/h2-5,8-9,11-12,14-15H,6-7,10H2,1H3,(H,20,22)(H,23,24)/t12?,14-,15+/m1/s1. The summed E-state index contributed by atoms with van der Waals surface area (Å²) in [6, 6.07) is 9.57. The zero-order valence-corrected chi connectivity index (χ0v) is 13.6. The van der Waals surface area contributed by atoms with E-state index >= 15 is 0 Å². The number of carbonyl (C=O) groups excluding carboxylic acids is 1. The summed E-state index contributed by atoms with van der Waals surface area (Å²) < 4.78 is 1.77. The van der Waals surface area contributed by atoms with Gasteiger partial charge >= 0.3 is 5.97 Å². The molecule has 2 N–H and O–H groups in total. The first-order chi connectivity index (χ1) is 11.5. The third-order valence-corrected chi connectivity index (χ3v) is 4.65. The van der Waals surface area contributed by atoms with Crippen molar-refractivity contribution in [2.45, 2.75) is 32.2 Å². The number of carbonyl (C=O) groups is 2. The number of nitrogens with one attached hydrogen (secondary N) is 1. The van der Waals surface area contributed by atoms with Crippen molar-refractivity contribution in [1.82, 2.24) is 15.1 Å². The van der Waals surface area contributed by atoms with Crippen LogP contribution in [0.4, 0.5) is 0 Å². The molecule has 1 saturated carbocycles. The van der Waals surface area contributed by atoms with Crippen LogP contribution < -0.4 is 5.32 Å². The molecule has 24 heavy (non-hydrogen) atoms. The molecule has 1 unspecified atom stereocenters. The number of aliphatic carboxylic acids is 1. The second-order valence-corrected chi connectivity index (χ2v) is 6.32. The number of amides is 1. The fraction of sp³-hybridized carbons (Fsp3) is 0.389. The van der Waals surface area contributed by atoms with Gasteiger partial charge in [-0.25, -0.2) is 4.68 Å². The van der Waals surface area contributed by atoms with Crippen LogP contribution in [0.5, 0.6) is 0 Å². The van der Waals surface area contributed by atoms with Gasteiger partial charge < -0.3 is 10.4 Å². The third-order valence-electron chi connectivity index (χ3n) is 4.65. The fourth-order valence-corrected chi connectivity index (χ4v) is 3.22. The van der Waals surface area contributed by atoms with Crippen molar-refractivity contribution in [3.63, 3.8) is 0 Å². The van der Waals surface area contributed by atoms with Gasteiger partial charge in [-0.2, -0.15) is 5.10 Å². The van der Waals surface area contributed by atoms with Gasteiger partial charge in [0, 0.05) is 18.3 Å². The minimum atomic E-state index is -0.801. The highest BCUT2D eigenvalue weighted by Gasteiger charge is 2.34. The Hall–Kier alpha value is -2.63. The van der Waals surface area contributed by atoms with E-state index < -0.39 is 5.97 Å². The van der Waals surface area contributed by atoms with Crippen molar-refractivity contribution < 1.29 is 14.7 Å². The van der Waals surface area contributed by atoms with Crippen molar-refractivity contribution in [3.05, 3.63) is 48.3 Å². The van der Waals surface area contributed by atoms with Crippen LogP contribution in [0.1, 0.15) is 37.8 Å². The van der Waals surface area contributed by atoms with Crippen LogP contribution in [-0.4, -0.2) is 26.8 Å². The maximum Gasteiger partial charge on any atom is 0.306 e. The monoisotopic (exact) mass is 327 g/mol. The van der Waals surface area contributed by atoms with Crippen LogP contribution in [0.15, 0.2) is 42.7 Å². The van der Waals surface area contributed by atoms with Gasteiger partial charge in [0.15, 0.2) is 0 Å². The molecule has 0 radical (unpaired) electrons. The summed E-state index contributed by atoms with van der Waals surface area (Å²) >= 11 is 0. The SMILES string of the molecule is CC(NC(=O)[C@@H]1CC[C@H](C(=O)O)C1)c1cccc(-n2cccn2)c1. The summed E-state index contributed by atoms with van der Waals surface area (Å²) in [6.07, 6.45) is 5.24. The highest BCUT2D eigenvalue weighted by atomic mass is 16.4. The highest BCUT2D eigenvalue weighted by molar-refractivity contribution is 5.81. The lowest BCUT2D eigenvalue weighted by Crippen LogP contribution is -2.32. The molecular weight excluding hydrogens is 306 g/mol. The molecule has 1 heterocycles. The van der Waals surface area contributed by atoms with E-state index in [1.165, 1.54) is 0 Å². The molecule has 0 bridgehead atoms. The van der Waals surface area contributed by atoms with Gasteiger partial charge in [-0.15, -0.1) is 0 Å². The average molecular weight is 327 g/mol. The Kier molecular flexibility index (Phi) is 4.64. The molecule has 0 aliphatic heterocycles. The van der Waals surface area contributed by atoms with Gasteiger partial charge in [0.2, 0.25) is 5.91 Å². The zero-order valence-electron chi connectivity index (χ0n) is 13.6. The largest absolute Gasteiger partial charge is 0.481 e. The maximum absolute atomic E-state index is 12.4. The summed E-state index contributed by atoms with van der Waals surface area (Å²) in [6.45, 7) is 1.93. The molecule has 6 heteroatoms. The van der Waals surface area contributed by atoms with Crippen LogP contribution in [0.2, 0.25) is 0 Å². The van der Waals surface area contributed by atoms with Gasteiger partial charge in [0.1, 0.15) is 0 Å². The third kappa shape index (κ3) is 3.48. The van der Waals surface area contributed by atoms with E-state index in [2.05, 4.69) is 10.4 Å². The van der Waals surface area contributed by atoms with E-state index in [4.69, 9.17) is 5.11 Å². The Morgan fingerprint density at radius 2 is 2.08 bits per heavy atom. The predicted octanol–water partition coefficient (Wildman–Crippen LogP) is 2.55. The van der Waals surface area contributed by atoms with E-state index in [1.54, 1.807) is 10.9 Å². The number of hydrogen-bond donors (Lipinski definition) is 2. The second kappa shape index (κ2) is 6.86. The minimum absolute atomic E-state index is 0.0595. The predicted molar refractivity (Wildman–Crippen MR) is 88.6 cm³/mol. The van der Waals surface area contributed by atoms with Gasteiger partial charge in [-0.1, -0.05) is 12.1 Å². The normalized spacial score (nSPS) is 21.4. The van der Waals surface area contributed by atoms with Gasteiger partial charge in [0.25, 0.3) is 0 Å². The van der Waals surface area contributed by atoms with E-state index in [9.17, 15) is 9.59 Å². The molecule has 0 saturated heterocycles. The Bertz CT molecular complexity index is 727. The molecule has 1 fully saturated rings. The summed E-state index contributed by atoms with van der Waals surface area (Å²) in [4.78, 5) is 23.4. The maximum atomic E-state index is 12.4. The summed E-state index contributed by atoms with van der Waals surface area (Å²) in [7, 11) is 0. The molecule has 1 aromatic carbocycles. The first-order valence-corrected chi connectivity index (χ1v) is 8.17. The smallest absolute Gasteiger partial charge is 0.306 e. The van der Waals surface area contributed by atoms with Gasteiger partial charge in [-0.05, 0) is 49.9 Å². The topological polar surface area (TPSA) is 84.2 Å². The van der Waals surface area contributed by atoms with Crippen LogP contribution in [-0.2, 0) is 9.59 Å². The molecule has 1 aliphatic carbocycles. The number of carboxylic acids is 1. The molecule has 0 spiro atoms. The van der Waals surface area contributed by atoms with Crippen molar-refractivity contribution in [2.75, 3.05) is 0 Å². The number of hydrogen-bond acceptors (Lipinski definition) is 3. The van der Waals surface area contributed by atoms with Crippen molar-refractivity contribution in [3.8, 4) is 5.69 Å². The number of aromatic nitrogens is 2. The van der Waals surface area contributed by atoms with Crippen molar-refractivity contribution >= 4 is 11.9 Å². The van der Waals surface area contributed by atoms with E-state index in [0.29, 0.717) is 19.3 Å². The second-order valence-electron chi connectivity index (χ2n) is 6.32. The first kappa shape index (κ1) is 16.2. The molecule has 3 rings (SSSR count). The Morgan fingerprint density at radius 3 is 2.75 bits per heavy atom. The van der Waals surface area contributed by atoms with Crippen LogP contribution in [0.3, 0.4) is 0 Å². The molecule has 2 aromatic rings. The van der Waals surface area contributed by atoms with Crippen LogP contribution in [0.25, 0.3) is 5.69 Å². The Labute approximate surface area is 140 Å². The van der Waals surface area contributed by atoms with Crippen molar-refractivity contribution in [1.29, 1.82) is 0 Å². The number of rotatable bonds is 5. The number of nitrogens with zero attached hydrogens (tertiary/aromatic N) is 2. The van der Waals surface area contributed by atoms with E-state index in [1.807, 2.05) is 43.5 Å². The lowest BCUT2D eigenvalue weighted by molar-refractivity contribution is -0.141. The molecule has 126 valence electrons. The van der Waals surface area contributed by atoms with Crippen molar-refractivity contribution in [2.24, 2.45) is 11.8 Å². The molecular formula is C18H21N3O3. The molecule has 6 nitrogen and oxygen atoms in total. The lowest BCUT2D eigenvalue weighted by atomic mass is 10.0. The van der Waals surface area contributed by atoms with Gasteiger partial charge in [0.05, 0.1) is 17.6 Å². The zero-order chi connectivity index (χ0) is 17.1. The van der Waals surface area contributed by atoms with Crippen LogP contribution in [0, 0.1) is 11.8 Å². The Morgan fingerprint density at radius 1 is 1.29 bits per heavy atom. The lowest BCUT2D eigenvalue weighted by Gasteiger charge is -2.18. The quantitative estimate of drug-likeness (QED) is 0.884. The van der Waals surface area contributed by atoms with E-state index in [-0.39, 0.29) is 23.8 Å². The minimum Gasteiger partial charge on any atom is -0.481 e. The Balaban J connectivity index is 1.65. The highest BCUT2D eigenvalue weighted by Crippen LogP contribution is 2.31. The number of carboxylic acid groups (broad SMARTS) is 1. The summed E-state index contributed by atoms with van der Waals surface area (Å²) in [5.74, 6) is -1.46. The summed E-state index contributed by atoms with van der Waals surface area (Å²) in [5, 5.41) is 16.3. The molecule has 1 amide bonds. The number of benzene rings is 1. The average Bonchev–Trinajstić information content (AvgIpc) is 3.26. The molecule has 3 atom stereocenters. The van der Waals surface area contributed by atoms with Crippen LogP contribution >= 0.6 is 0 Å². The molecule has 1 aliphatic rings. The fourth-order valence-electron chi connectivity index (χ4n) is 3.22. The first-order valence-electron chi connectivity index (χ1n) is 8.17. The summed E-state index contributed by atoms with van der Waals surface area (Å²) in [5.41, 5.74) is 1.93. The van der Waals surface area contributed by atoms with E-state index in [0.717, 1.165) is 11.3 Å².